The average Bonchev–Trinajstić information content (AvgIpc) is 2.94. The minimum absolute atomic E-state index is 0.166. The summed E-state index contributed by atoms with van der Waals surface area (Å²) in [7, 11) is 0. The zero-order chi connectivity index (χ0) is 18.4. The summed E-state index contributed by atoms with van der Waals surface area (Å²) in [6.07, 6.45) is 0.638. The standard InChI is InChI=1S/C14H19N5O5S/c1-3-23-12(20)7-25-6-10-9(17-18-15)4-11(24-10)19-5-8(2)13(21)16-14(19)22/h5,9-11H,3-4,6-7H2,1-2H3,(H,16,21,22)/t9-,10+,11+/m0/s1. The number of carbonyl (C=O) groups is 1. The van der Waals surface area contributed by atoms with Crippen LogP contribution >= 0.6 is 11.8 Å². The number of aromatic nitrogens is 2. The van der Waals surface area contributed by atoms with E-state index in [9.17, 15) is 14.4 Å². The molecule has 0 unspecified atom stereocenters. The third kappa shape index (κ3) is 4.88. The monoisotopic (exact) mass is 369 g/mol. The summed E-state index contributed by atoms with van der Waals surface area (Å²) in [6.45, 7) is 3.63. The first-order valence-corrected chi connectivity index (χ1v) is 8.86. The number of carbonyl (C=O) groups excluding carboxylic acids is 1. The molecule has 0 bridgehead atoms. The van der Waals surface area contributed by atoms with Gasteiger partial charge in [0.05, 0.1) is 24.5 Å². The van der Waals surface area contributed by atoms with Gasteiger partial charge in [0.25, 0.3) is 5.56 Å². The highest BCUT2D eigenvalue weighted by Gasteiger charge is 2.36. The van der Waals surface area contributed by atoms with Gasteiger partial charge in [0.2, 0.25) is 0 Å². The summed E-state index contributed by atoms with van der Waals surface area (Å²) in [5, 5.41) is 3.72. The highest BCUT2D eigenvalue weighted by atomic mass is 32.2. The zero-order valence-corrected chi connectivity index (χ0v) is 14.7. The molecule has 0 spiro atoms. The van der Waals surface area contributed by atoms with Gasteiger partial charge in [-0.15, -0.1) is 11.8 Å². The molecule has 1 N–H and O–H groups in total. The lowest BCUT2D eigenvalue weighted by atomic mass is 10.1. The van der Waals surface area contributed by atoms with Crippen molar-refractivity contribution >= 4 is 17.7 Å². The number of H-pyrrole nitrogens is 1. The van der Waals surface area contributed by atoms with Crippen molar-refractivity contribution in [3.05, 3.63) is 43.0 Å². The Hall–Kier alpha value is -2.23. The molecule has 11 heteroatoms. The number of esters is 1. The second-order valence-corrected chi connectivity index (χ2v) is 6.47. The third-order valence-electron chi connectivity index (χ3n) is 3.67. The highest BCUT2D eigenvalue weighted by molar-refractivity contribution is 7.99. The number of hydrogen-bond donors (Lipinski definition) is 1. The predicted octanol–water partition coefficient (Wildman–Crippen LogP) is 1.11. The van der Waals surface area contributed by atoms with Gasteiger partial charge >= 0.3 is 11.7 Å². The Labute approximate surface area is 147 Å². The number of azide groups is 1. The molecule has 1 aromatic heterocycles. The molecular formula is C14H19N5O5S. The Bertz CT molecular complexity index is 785. The van der Waals surface area contributed by atoms with Crippen molar-refractivity contribution in [2.45, 2.75) is 38.6 Å². The number of nitrogens with one attached hydrogen (secondary N) is 1. The van der Waals surface area contributed by atoms with Crippen LogP contribution in [0, 0.1) is 6.92 Å². The maximum absolute atomic E-state index is 12.0. The lowest BCUT2D eigenvalue weighted by Gasteiger charge is -2.16. The van der Waals surface area contributed by atoms with Crippen molar-refractivity contribution in [1.82, 2.24) is 9.55 Å². The number of nitrogens with zero attached hydrogens (tertiary/aromatic N) is 4. The molecule has 1 saturated heterocycles. The number of rotatable bonds is 7. The van der Waals surface area contributed by atoms with Gasteiger partial charge in [0.1, 0.15) is 6.23 Å². The molecule has 2 heterocycles. The van der Waals surface area contributed by atoms with E-state index >= 15 is 0 Å². The Balaban J connectivity index is 2.08. The fourth-order valence-corrected chi connectivity index (χ4v) is 3.39. The molecule has 1 aliphatic heterocycles. The van der Waals surface area contributed by atoms with Gasteiger partial charge in [-0.1, -0.05) is 5.11 Å². The van der Waals surface area contributed by atoms with Crippen LogP contribution in [0.1, 0.15) is 25.1 Å². The number of hydrogen-bond acceptors (Lipinski definition) is 7. The Morgan fingerprint density at radius 3 is 3.04 bits per heavy atom. The quantitative estimate of drug-likeness (QED) is 0.330. The molecule has 0 saturated carbocycles. The zero-order valence-electron chi connectivity index (χ0n) is 13.9. The van der Waals surface area contributed by atoms with Gasteiger partial charge in [0.15, 0.2) is 0 Å². The first kappa shape index (κ1) is 19.1. The summed E-state index contributed by atoms with van der Waals surface area (Å²) >= 11 is 1.31. The molecular weight excluding hydrogens is 350 g/mol. The molecule has 3 atom stereocenters. The maximum Gasteiger partial charge on any atom is 0.330 e. The topological polar surface area (TPSA) is 139 Å². The van der Waals surface area contributed by atoms with Crippen LogP contribution in [0.4, 0.5) is 0 Å². The Morgan fingerprint density at radius 1 is 1.60 bits per heavy atom. The van der Waals surface area contributed by atoms with Crippen molar-refractivity contribution in [3.8, 4) is 0 Å². The maximum atomic E-state index is 12.0. The molecule has 136 valence electrons. The van der Waals surface area contributed by atoms with Gasteiger partial charge in [0, 0.05) is 28.8 Å². The van der Waals surface area contributed by atoms with E-state index in [1.165, 1.54) is 22.5 Å². The first-order valence-electron chi connectivity index (χ1n) is 7.71. The van der Waals surface area contributed by atoms with Crippen LogP contribution in [0.3, 0.4) is 0 Å². The average molecular weight is 369 g/mol. The van der Waals surface area contributed by atoms with Crippen molar-refractivity contribution in [1.29, 1.82) is 0 Å². The fourth-order valence-electron chi connectivity index (χ4n) is 2.48. The number of aromatic amines is 1. The van der Waals surface area contributed by atoms with E-state index in [0.29, 0.717) is 24.3 Å². The first-order chi connectivity index (χ1) is 12.0. The van der Waals surface area contributed by atoms with Crippen LogP contribution < -0.4 is 11.2 Å². The summed E-state index contributed by atoms with van der Waals surface area (Å²) in [6, 6.07) is -0.469. The van der Waals surface area contributed by atoms with E-state index < -0.39 is 29.6 Å². The Morgan fingerprint density at radius 2 is 2.36 bits per heavy atom. The van der Waals surface area contributed by atoms with Crippen LogP contribution in [0.5, 0.6) is 0 Å². The normalized spacial score (nSPS) is 22.4. The molecule has 25 heavy (non-hydrogen) atoms. The highest BCUT2D eigenvalue weighted by Crippen LogP contribution is 2.31. The van der Waals surface area contributed by atoms with Gasteiger partial charge in [-0.3, -0.25) is 19.1 Å². The van der Waals surface area contributed by atoms with Gasteiger partial charge < -0.3 is 9.47 Å². The summed E-state index contributed by atoms with van der Waals surface area (Å²) < 4.78 is 12.0. The largest absolute Gasteiger partial charge is 0.465 e. The van der Waals surface area contributed by atoms with E-state index in [1.54, 1.807) is 13.8 Å². The molecule has 0 radical (unpaired) electrons. The summed E-state index contributed by atoms with van der Waals surface area (Å²) in [4.78, 5) is 39.9. The second kappa shape index (κ2) is 8.75. The molecule has 0 aliphatic carbocycles. The lowest BCUT2D eigenvalue weighted by molar-refractivity contribution is -0.139. The minimum Gasteiger partial charge on any atom is -0.465 e. The Kier molecular flexibility index (Phi) is 6.68. The van der Waals surface area contributed by atoms with Gasteiger partial charge in [-0.05, 0) is 19.4 Å². The minimum atomic E-state index is -0.647. The van der Waals surface area contributed by atoms with E-state index in [-0.39, 0.29) is 11.7 Å². The van der Waals surface area contributed by atoms with Crippen molar-refractivity contribution < 1.29 is 14.3 Å². The fraction of sp³-hybridized carbons (Fsp3) is 0.643. The lowest BCUT2D eigenvalue weighted by Crippen LogP contribution is -2.33. The third-order valence-corrected chi connectivity index (χ3v) is 4.67. The van der Waals surface area contributed by atoms with E-state index in [2.05, 4.69) is 15.0 Å². The van der Waals surface area contributed by atoms with Gasteiger partial charge in [-0.25, -0.2) is 4.79 Å². The molecule has 1 fully saturated rings. The number of aryl methyl sites for hydroxylation is 1. The molecule has 0 aromatic carbocycles. The summed E-state index contributed by atoms with van der Waals surface area (Å²) in [5.41, 5.74) is 8.07. The van der Waals surface area contributed by atoms with Crippen LogP contribution in [0.25, 0.3) is 10.4 Å². The molecule has 1 aromatic rings. The van der Waals surface area contributed by atoms with Crippen LogP contribution in [-0.4, -0.2) is 45.8 Å². The van der Waals surface area contributed by atoms with Crippen LogP contribution in [0.15, 0.2) is 20.9 Å². The smallest absolute Gasteiger partial charge is 0.330 e. The number of ether oxygens (including phenoxy) is 2. The molecule has 10 nitrogen and oxygen atoms in total. The molecule has 0 amide bonds. The van der Waals surface area contributed by atoms with Gasteiger partial charge in [-0.2, -0.15) is 0 Å². The predicted molar refractivity (Wildman–Crippen MR) is 91.5 cm³/mol. The van der Waals surface area contributed by atoms with Crippen molar-refractivity contribution in [2.24, 2.45) is 5.11 Å². The second-order valence-electron chi connectivity index (χ2n) is 5.44. The van der Waals surface area contributed by atoms with Crippen LogP contribution in [-0.2, 0) is 14.3 Å². The molecule has 2 rings (SSSR count). The van der Waals surface area contributed by atoms with E-state index in [1.807, 2.05) is 0 Å². The van der Waals surface area contributed by atoms with E-state index in [0.717, 1.165) is 0 Å². The van der Waals surface area contributed by atoms with Crippen molar-refractivity contribution in [2.75, 3.05) is 18.1 Å². The van der Waals surface area contributed by atoms with Crippen molar-refractivity contribution in [3.63, 3.8) is 0 Å². The van der Waals surface area contributed by atoms with Crippen LogP contribution in [0.2, 0.25) is 0 Å². The molecule has 1 aliphatic rings. The number of thioether (sulfide) groups is 1. The SMILES string of the molecule is CCOC(=O)CSC[C@H]1O[C@@H](n2cc(C)c(=O)[nH]c2=O)C[C@@H]1N=[N+]=[N-]. The van der Waals surface area contributed by atoms with E-state index in [4.69, 9.17) is 15.0 Å². The summed E-state index contributed by atoms with van der Waals surface area (Å²) in [5.74, 6) is 0.254.